The minimum Gasteiger partial charge on any atom is -0.469 e. The van der Waals surface area contributed by atoms with Crippen molar-refractivity contribution in [2.75, 3.05) is 14.2 Å². The van der Waals surface area contributed by atoms with Gasteiger partial charge in [0.25, 0.3) is 0 Å². The fraction of sp³-hybridized carbons (Fsp3) is 0.636. The van der Waals surface area contributed by atoms with E-state index in [9.17, 15) is 9.59 Å². The molecular formula is C22H30O4. The number of fused-ring (bicyclic) bond motifs is 3. The van der Waals surface area contributed by atoms with Crippen molar-refractivity contribution in [2.45, 2.75) is 64.2 Å². The summed E-state index contributed by atoms with van der Waals surface area (Å²) in [6, 6.07) is 6.40. The van der Waals surface area contributed by atoms with E-state index in [1.807, 2.05) is 6.92 Å². The second-order valence-corrected chi connectivity index (χ2v) is 8.43. The van der Waals surface area contributed by atoms with E-state index in [1.165, 1.54) is 25.3 Å². The highest BCUT2D eigenvalue weighted by Gasteiger charge is 2.55. The van der Waals surface area contributed by atoms with Gasteiger partial charge in [-0.1, -0.05) is 31.5 Å². The third kappa shape index (κ3) is 2.74. The summed E-state index contributed by atoms with van der Waals surface area (Å²) in [5.41, 5.74) is 3.21. The van der Waals surface area contributed by atoms with E-state index in [0.29, 0.717) is 0 Å². The van der Waals surface area contributed by atoms with Gasteiger partial charge in [-0.2, -0.15) is 0 Å². The molecule has 0 radical (unpaired) electrons. The molecule has 0 saturated heterocycles. The average Bonchev–Trinajstić information content (AvgIpc) is 2.65. The van der Waals surface area contributed by atoms with Gasteiger partial charge in [-0.25, -0.2) is 0 Å². The molecule has 0 aromatic heterocycles. The van der Waals surface area contributed by atoms with Crippen molar-refractivity contribution < 1.29 is 19.1 Å². The minimum absolute atomic E-state index is 0.0260. The second kappa shape index (κ2) is 6.71. The average molecular weight is 358 g/mol. The largest absolute Gasteiger partial charge is 0.469 e. The van der Waals surface area contributed by atoms with Crippen LogP contribution in [0, 0.1) is 11.3 Å². The molecule has 26 heavy (non-hydrogen) atoms. The first-order chi connectivity index (χ1) is 12.3. The van der Waals surface area contributed by atoms with Gasteiger partial charge in [0.2, 0.25) is 0 Å². The van der Waals surface area contributed by atoms with Crippen LogP contribution < -0.4 is 0 Å². The standard InChI is InChI=1S/C22H30O4/c1-14(19(23)25-4)15-7-9-17-16(13-15)8-10-18-21(17,2)11-6-12-22(18,3)20(24)26-5/h7,9,13-14,18H,6,8,10-12H2,1-5H3. The molecule has 4 nitrogen and oxygen atoms in total. The summed E-state index contributed by atoms with van der Waals surface area (Å²) in [7, 11) is 2.93. The van der Waals surface area contributed by atoms with Crippen LogP contribution in [0.1, 0.15) is 69.1 Å². The molecule has 1 fully saturated rings. The van der Waals surface area contributed by atoms with Gasteiger partial charge >= 0.3 is 11.9 Å². The molecule has 0 aliphatic heterocycles. The Balaban J connectivity index is 2.00. The lowest BCUT2D eigenvalue weighted by Crippen LogP contribution is -2.52. The first kappa shape index (κ1) is 18.9. The predicted molar refractivity (Wildman–Crippen MR) is 100 cm³/mol. The summed E-state index contributed by atoms with van der Waals surface area (Å²) in [5.74, 6) is -0.260. The van der Waals surface area contributed by atoms with E-state index < -0.39 is 5.41 Å². The van der Waals surface area contributed by atoms with Gasteiger partial charge in [0, 0.05) is 0 Å². The van der Waals surface area contributed by atoms with Crippen LogP contribution in [0.3, 0.4) is 0 Å². The summed E-state index contributed by atoms with van der Waals surface area (Å²) in [6.45, 7) is 6.27. The summed E-state index contributed by atoms with van der Waals surface area (Å²) in [6.07, 6.45) is 4.92. The first-order valence-corrected chi connectivity index (χ1v) is 9.57. The quantitative estimate of drug-likeness (QED) is 0.762. The van der Waals surface area contributed by atoms with E-state index in [4.69, 9.17) is 9.47 Å². The Morgan fingerprint density at radius 3 is 2.54 bits per heavy atom. The summed E-state index contributed by atoms with van der Waals surface area (Å²) in [5, 5.41) is 0. The van der Waals surface area contributed by atoms with E-state index >= 15 is 0 Å². The van der Waals surface area contributed by atoms with Crippen molar-refractivity contribution >= 4 is 11.9 Å². The van der Waals surface area contributed by atoms with Crippen LogP contribution in [-0.4, -0.2) is 26.2 Å². The molecule has 1 aromatic carbocycles. The molecule has 0 bridgehead atoms. The molecule has 2 aliphatic rings. The van der Waals surface area contributed by atoms with Crippen LogP contribution in [0.25, 0.3) is 0 Å². The van der Waals surface area contributed by atoms with Gasteiger partial charge in [0.15, 0.2) is 0 Å². The molecule has 0 spiro atoms. The molecule has 4 atom stereocenters. The van der Waals surface area contributed by atoms with Crippen LogP contribution in [-0.2, 0) is 30.9 Å². The number of hydrogen-bond donors (Lipinski definition) is 0. The van der Waals surface area contributed by atoms with Crippen molar-refractivity contribution in [3.63, 3.8) is 0 Å². The second-order valence-electron chi connectivity index (χ2n) is 8.43. The molecule has 4 unspecified atom stereocenters. The zero-order chi connectivity index (χ0) is 19.1. The molecular weight excluding hydrogens is 328 g/mol. The van der Waals surface area contributed by atoms with Crippen LogP contribution in [0.2, 0.25) is 0 Å². The molecule has 0 heterocycles. The normalized spacial score (nSPS) is 31.3. The summed E-state index contributed by atoms with van der Waals surface area (Å²) >= 11 is 0. The predicted octanol–water partition coefficient (Wildman–Crippen LogP) is 4.15. The van der Waals surface area contributed by atoms with Gasteiger partial charge in [-0.3, -0.25) is 9.59 Å². The third-order valence-electron chi connectivity index (χ3n) is 7.08. The Morgan fingerprint density at radius 1 is 1.15 bits per heavy atom. The Hall–Kier alpha value is -1.84. The molecule has 0 N–H and O–H groups in total. The summed E-state index contributed by atoms with van der Waals surface area (Å²) < 4.78 is 10.1. The van der Waals surface area contributed by atoms with Crippen molar-refractivity contribution in [1.82, 2.24) is 0 Å². The number of methoxy groups -OCH3 is 2. The van der Waals surface area contributed by atoms with Gasteiger partial charge in [-0.15, -0.1) is 0 Å². The Morgan fingerprint density at radius 2 is 1.88 bits per heavy atom. The first-order valence-electron chi connectivity index (χ1n) is 9.57. The van der Waals surface area contributed by atoms with Gasteiger partial charge in [0.05, 0.1) is 25.6 Å². The van der Waals surface area contributed by atoms with Gasteiger partial charge < -0.3 is 9.47 Å². The number of ether oxygens (including phenoxy) is 2. The fourth-order valence-corrected chi connectivity index (χ4v) is 5.57. The number of rotatable bonds is 3. The molecule has 0 amide bonds. The third-order valence-corrected chi connectivity index (χ3v) is 7.08. The zero-order valence-electron chi connectivity index (χ0n) is 16.6. The number of carbonyl (C=O) groups excluding carboxylic acids is 2. The zero-order valence-corrected chi connectivity index (χ0v) is 16.6. The summed E-state index contributed by atoms with van der Waals surface area (Å²) in [4.78, 5) is 24.5. The Kier molecular flexibility index (Phi) is 4.89. The monoisotopic (exact) mass is 358 g/mol. The maximum atomic E-state index is 12.6. The Bertz CT molecular complexity index is 725. The van der Waals surface area contributed by atoms with Crippen LogP contribution in [0.4, 0.5) is 0 Å². The highest BCUT2D eigenvalue weighted by Crippen LogP contribution is 2.57. The Labute approximate surface area is 156 Å². The number of carbonyl (C=O) groups is 2. The van der Waals surface area contributed by atoms with Gasteiger partial charge in [0.1, 0.15) is 0 Å². The molecule has 3 rings (SSSR count). The smallest absolute Gasteiger partial charge is 0.312 e. The van der Waals surface area contributed by atoms with Crippen molar-refractivity contribution in [3.8, 4) is 0 Å². The number of benzene rings is 1. The van der Waals surface area contributed by atoms with E-state index in [1.54, 1.807) is 0 Å². The van der Waals surface area contributed by atoms with E-state index in [2.05, 4.69) is 32.0 Å². The number of esters is 2. The van der Waals surface area contributed by atoms with Gasteiger partial charge in [-0.05, 0) is 67.6 Å². The molecule has 1 aromatic rings. The van der Waals surface area contributed by atoms with Crippen LogP contribution in [0.5, 0.6) is 0 Å². The SMILES string of the molecule is COC(=O)C(C)c1ccc2c(c1)CCC1C(C)(C(=O)OC)CCCC21C. The molecule has 4 heteroatoms. The molecule has 1 saturated carbocycles. The maximum Gasteiger partial charge on any atom is 0.312 e. The van der Waals surface area contributed by atoms with E-state index in [0.717, 1.165) is 37.7 Å². The highest BCUT2D eigenvalue weighted by molar-refractivity contribution is 5.78. The minimum atomic E-state index is -0.419. The highest BCUT2D eigenvalue weighted by atomic mass is 16.5. The van der Waals surface area contributed by atoms with Crippen molar-refractivity contribution in [2.24, 2.45) is 11.3 Å². The number of aryl methyl sites for hydroxylation is 1. The van der Waals surface area contributed by atoms with Crippen molar-refractivity contribution in [1.29, 1.82) is 0 Å². The fourth-order valence-electron chi connectivity index (χ4n) is 5.57. The lowest BCUT2D eigenvalue weighted by Gasteiger charge is -2.54. The van der Waals surface area contributed by atoms with Crippen LogP contribution >= 0.6 is 0 Å². The lowest BCUT2D eigenvalue weighted by molar-refractivity contribution is -0.161. The topological polar surface area (TPSA) is 52.6 Å². The molecule has 142 valence electrons. The van der Waals surface area contributed by atoms with Crippen molar-refractivity contribution in [3.05, 3.63) is 34.9 Å². The maximum absolute atomic E-state index is 12.6. The van der Waals surface area contributed by atoms with Crippen LogP contribution in [0.15, 0.2) is 18.2 Å². The van der Waals surface area contributed by atoms with E-state index in [-0.39, 0.29) is 29.2 Å². The lowest BCUT2D eigenvalue weighted by atomic mass is 9.49. The number of hydrogen-bond acceptors (Lipinski definition) is 4. The molecule has 2 aliphatic carbocycles.